The van der Waals surface area contributed by atoms with Gasteiger partial charge in [0.15, 0.2) is 0 Å². The highest BCUT2D eigenvalue weighted by atomic mass is 32.1. The van der Waals surface area contributed by atoms with Crippen LogP contribution in [-0.2, 0) is 17.6 Å². The van der Waals surface area contributed by atoms with Crippen LogP contribution in [0.3, 0.4) is 0 Å². The van der Waals surface area contributed by atoms with E-state index in [1.165, 1.54) is 22.3 Å². The first-order chi connectivity index (χ1) is 14.1. The summed E-state index contributed by atoms with van der Waals surface area (Å²) >= 11 is 1.54. The molecule has 4 rings (SSSR count). The Morgan fingerprint density at radius 2 is 2.10 bits per heavy atom. The number of amides is 1. The van der Waals surface area contributed by atoms with Crippen LogP contribution >= 0.6 is 11.3 Å². The Bertz CT molecular complexity index is 1130. The van der Waals surface area contributed by atoms with E-state index in [1.807, 2.05) is 54.9 Å². The summed E-state index contributed by atoms with van der Waals surface area (Å²) in [4.78, 5) is 20.4. The van der Waals surface area contributed by atoms with Crippen molar-refractivity contribution in [2.75, 3.05) is 7.11 Å². The van der Waals surface area contributed by atoms with Crippen LogP contribution in [0.5, 0.6) is 5.75 Å². The number of methoxy groups -OCH3 is 1. The average molecular weight is 406 g/mol. The first kappa shape index (κ1) is 19.2. The topological polar surface area (TPSA) is 67.0 Å². The second-order valence-electron chi connectivity index (χ2n) is 7.08. The molecule has 0 saturated heterocycles. The number of aromatic amines is 1. The highest BCUT2D eigenvalue weighted by Crippen LogP contribution is 2.27. The molecule has 29 heavy (non-hydrogen) atoms. The lowest BCUT2D eigenvalue weighted by atomic mass is 10.1. The number of nitrogens with one attached hydrogen (secondary N) is 2. The zero-order valence-corrected chi connectivity index (χ0v) is 17.3. The number of hydrogen-bond donors (Lipinski definition) is 2. The number of benzene rings is 2. The number of thiazole rings is 1. The van der Waals surface area contributed by atoms with E-state index in [1.54, 1.807) is 7.11 Å². The van der Waals surface area contributed by atoms with E-state index >= 15 is 0 Å². The maximum atomic E-state index is 12.5. The third-order valence-corrected chi connectivity index (χ3v) is 5.76. The molecule has 0 aliphatic carbocycles. The molecule has 2 N–H and O–H groups in total. The van der Waals surface area contributed by atoms with Gasteiger partial charge in [0, 0.05) is 34.1 Å². The third-order valence-electron chi connectivity index (χ3n) is 4.82. The molecule has 0 saturated carbocycles. The zero-order chi connectivity index (χ0) is 20.2. The molecule has 2 aromatic carbocycles. The lowest BCUT2D eigenvalue weighted by Crippen LogP contribution is -2.35. The molecule has 0 spiro atoms. The number of carbonyl (C=O) groups excluding carboxylic acids is 1. The van der Waals surface area contributed by atoms with Crippen LogP contribution in [-0.4, -0.2) is 29.0 Å². The van der Waals surface area contributed by atoms with E-state index in [9.17, 15) is 4.79 Å². The number of rotatable bonds is 7. The molecule has 4 aromatic rings. The smallest absolute Gasteiger partial charge is 0.226 e. The standard InChI is InChI=1S/C23H23N3O2S/c1-15(10-17-13-24-21-9-4-3-8-20(17)21)25-22(27)12-18-14-29-23(26-18)16-6-5-7-19(11-16)28-2/h3-9,11,13-15,24H,10,12H2,1-2H3,(H,25,27)/t15-/m0/s1. The van der Waals surface area contributed by atoms with Crippen molar-refractivity contribution in [1.29, 1.82) is 0 Å². The van der Waals surface area contributed by atoms with Crippen LogP contribution in [0, 0.1) is 0 Å². The van der Waals surface area contributed by atoms with Crippen molar-refractivity contribution in [3.8, 4) is 16.3 Å². The van der Waals surface area contributed by atoms with Crippen molar-refractivity contribution in [1.82, 2.24) is 15.3 Å². The van der Waals surface area contributed by atoms with Crippen LogP contribution in [0.4, 0.5) is 0 Å². The van der Waals surface area contributed by atoms with Crippen molar-refractivity contribution in [2.24, 2.45) is 0 Å². The second kappa shape index (κ2) is 8.49. The largest absolute Gasteiger partial charge is 0.497 e. The van der Waals surface area contributed by atoms with Gasteiger partial charge in [0.2, 0.25) is 5.91 Å². The molecule has 0 bridgehead atoms. The number of ether oxygens (including phenoxy) is 1. The van der Waals surface area contributed by atoms with Crippen LogP contribution < -0.4 is 10.1 Å². The second-order valence-corrected chi connectivity index (χ2v) is 7.94. The Balaban J connectivity index is 1.36. The predicted octanol–water partition coefficient (Wildman–Crippen LogP) is 4.59. The number of aromatic nitrogens is 2. The Morgan fingerprint density at radius 3 is 2.97 bits per heavy atom. The number of hydrogen-bond acceptors (Lipinski definition) is 4. The minimum atomic E-state index is -0.0140. The number of fused-ring (bicyclic) bond motifs is 1. The zero-order valence-electron chi connectivity index (χ0n) is 16.4. The summed E-state index contributed by atoms with van der Waals surface area (Å²) in [5.74, 6) is 0.780. The van der Waals surface area contributed by atoms with Crippen LogP contribution in [0.25, 0.3) is 21.5 Å². The molecular formula is C23H23N3O2S. The molecular weight excluding hydrogens is 382 g/mol. The van der Waals surface area contributed by atoms with Gasteiger partial charge in [-0.25, -0.2) is 4.98 Å². The number of H-pyrrole nitrogens is 1. The van der Waals surface area contributed by atoms with E-state index < -0.39 is 0 Å². The summed E-state index contributed by atoms with van der Waals surface area (Å²) in [5.41, 5.74) is 4.11. The Morgan fingerprint density at radius 1 is 1.24 bits per heavy atom. The third kappa shape index (κ3) is 4.49. The molecule has 0 fully saturated rings. The monoisotopic (exact) mass is 405 g/mol. The molecule has 1 amide bonds. The van der Waals surface area contributed by atoms with Crippen LogP contribution in [0.15, 0.2) is 60.1 Å². The van der Waals surface area contributed by atoms with Crippen LogP contribution in [0.1, 0.15) is 18.2 Å². The van der Waals surface area contributed by atoms with Crippen molar-refractivity contribution in [2.45, 2.75) is 25.8 Å². The van der Waals surface area contributed by atoms with E-state index in [2.05, 4.69) is 27.4 Å². The fourth-order valence-electron chi connectivity index (χ4n) is 3.45. The SMILES string of the molecule is COc1cccc(-c2nc(CC(=O)N[C@@H](C)Cc3c[nH]c4ccccc34)cs2)c1. The fourth-order valence-corrected chi connectivity index (χ4v) is 4.27. The Hall–Kier alpha value is -3.12. The van der Waals surface area contributed by atoms with Gasteiger partial charge in [-0.15, -0.1) is 11.3 Å². The molecule has 0 aliphatic rings. The highest BCUT2D eigenvalue weighted by molar-refractivity contribution is 7.13. The van der Waals surface area contributed by atoms with Gasteiger partial charge in [-0.2, -0.15) is 0 Å². The van der Waals surface area contributed by atoms with Gasteiger partial charge in [0.25, 0.3) is 0 Å². The molecule has 5 nitrogen and oxygen atoms in total. The summed E-state index contributed by atoms with van der Waals surface area (Å²) in [6.07, 6.45) is 3.08. The minimum Gasteiger partial charge on any atom is -0.497 e. The van der Waals surface area contributed by atoms with Gasteiger partial charge in [-0.1, -0.05) is 30.3 Å². The molecule has 1 atom stereocenters. The van der Waals surface area contributed by atoms with Crippen LogP contribution in [0.2, 0.25) is 0 Å². The van der Waals surface area contributed by atoms with Gasteiger partial charge in [0.05, 0.1) is 19.2 Å². The summed E-state index contributed by atoms with van der Waals surface area (Å²) in [6.45, 7) is 2.03. The van der Waals surface area contributed by atoms with Gasteiger partial charge in [-0.05, 0) is 37.1 Å². The normalized spacial score (nSPS) is 12.1. The molecule has 0 unspecified atom stereocenters. The van der Waals surface area contributed by atoms with E-state index in [-0.39, 0.29) is 18.4 Å². The number of nitrogens with zero attached hydrogens (tertiary/aromatic N) is 1. The Labute approximate surface area is 173 Å². The molecule has 0 aliphatic heterocycles. The molecule has 0 radical (unpaired) electrons. The number of para-hydroxylation sites is 1. The maximum absolute atomic E-state index is 12.5. The average Bonchev–Trinajstić information content (AvgIpc) is 3.35. The molecule has 2 aromatic heterocycles. The van der Waals surface area contributed by atoms with Crippen molar-refractivity contribution >= 4 is 28.1 Å². The van der Waals surface area contributed by atoms with E-state index in [0.717, 1.165) is 34.0 Å². The first-order valence-electron chi connectivity index (χ1n) is 9.55. The van der Waals surface area contributed by atoms with Crippen molar-refractivity contribution in [3.63, 3.8) is 0 Å². The lowest BCUT2D eigenvalue weighted by Gasteiger charge is -2.13. The summed E-state index contributed by atoms with van der Waals surface area (Å²) in [7, 11) is 1.65. The van der Waals surface area contributed by atoms with Gasteiger partial charge in [-0.3, -0.25) is 4.79 Å². The van der Waals surface area contributed by atoms with Crippen molar-refractivity contribution < 1.29 is 9.53 Å². The fraction of sp³-hybridized carbons (Fsp3) is 0.217. The van der Waals surface area contributed by atoms with Gasteiger partial charge < -0.3 is 15.0 Å². The Kier molecular flexibility index (Phi) is 5.62. The highest BCUT2D eigenvalue weighted by Gasteiger charge is 2.14. The minimum absolute atomic E-state index is 0.0140. The molecule has 2 heterocycles. The maximum Gasteiger partial charge on any atom is 0.226 e. The summed E-state index contributed by atoms with van der Waals surface area (Å²) in [5, 5.41) is 7.13. The molecule has 148 valence electrons. The lowest BCUT2D eigenvalue weighted by molar-refractivity contribution is -0.121. The van der Waals surface area contributed by atoms with Gasteiger partial charge in [0.1, 0.15) is 10.8 Å². The van der Waals surface area contributed by atoms with Crippen molar-refractivity contribution in [3.05, 3.63) is 71.4 Å². The number of carbonyl (C=O) groups is 1. The predicted molar refractivity (Wildman–Crippen MR) is 117 cm³/mol. The molecule has 6 heteroatoms. The van der Waals surface area contributed by atoms with Gasteiger partial charge >= 0.3 is 0 Å². The first-order valence-corrected chi connectivity index (χ1v) is 10.4. The van der Waals surface area contributed by atoms with E-state index in [0.29, 0.717) is 0 Å². The van der Waals surface area contributed by atoms with E-state index in [4.69, 9.17) is 4.74 Å². The summed E-state index contributed by atoms with van der Waals surface area (Å²) in [6, 6.07) is 16.0. The quantitative estimate of drug-likeness (QED) is 0.473. The summed E-state index contributed by atoms with van der Waals surface area (Å²) < 4.78 is 5.27.